The molecule has 282 valence electrons. The van der Waals surface area contributed by atoms with E-state index in [0.717, 1.165) is 37.9 Å². The normalized spacial score (nSPS) is 24.4. The van der Waals surface area contributed by atoms with Crippen molar-refractivity contribution in [2.75, 3.05) is 44.4 Å². The van der Waals surface area contributed by atoms with Gasteiger partial charge in [-0.2, -0.15) is 28.2 Å². The van der Waals surface area contributed by atoms with Gasteiger partial charge in [0.2, 0.25) is 0 Å². The summed E-state index contributed by atoms with van der Waals surface area (Å²) in [5.74, 6) is -0.956. The number of amides is 1. The molecule has 0 bridgehead atoms. The maximum atomic E-state index is 15.0. The molecule has 2 N–H and O–H groups in total. The zero-order valence-corrected chi connectivity index (χ0v) is 30.0. The van der Waals surface area contributed by atoms with Crippen molar-refractivity contribution in [2.24, 2.45) is 0 Å². The van der Waals surface area contributed by atoms with Gasteiger partial charge in [-0.25, -0.2) is 8.78 Å². The third-order valence-corrected chi connectivity index (χ3v) is 11.3. The van der Waals surface area contributed by atoms with Crippen LogP contribution in [0.4, 0.5) is 33.5 Å². The smallest absolute Gasteiger partial charge is 0.416 e. The first kappa shape index (κ1) is 36.6. The molecule has 4 aliphatic heterocycles. The molecular formula is C35H42ClF5N8O3. The van der Waals surface area contributed by atoms with E-state index in [1.54, 1.807) is 16.6 Å². The van der Waals surface area contributed by atoms with Crippen molar-refractivity contribution in [1.82, 2.24) is 29.5 Å². The lowest BCUT2D eigenvalue weighted by atomic mass is 9.94. The number of nitrogens with two attached hydrogens (primary N) is 1. The topological polar surface area (TPSA) is 115 Å². The molecule has 1 amide bonds. The zero-order valence-electron chi connectivity index (χ0n) is 29.3. The Morgan fingerprint density at radius 3 is 2.63 bits per heavy atom. The molecule has 11 nitrogen and oxygen atoms in total. The van der Waals surface area contributed by atoms with Gasteiger partial charge in [0.1, 0.15) is 12.0 Å². The Balaban J connectivity index is 0.000000360. The number of halogens is 6. The number of aromatic nitrogens is 4. The van der Waals surface area contributed by atoms with Crippen molar-refractivity contribution in [3.63, 3.8) is 0 Å². The summed E-state index contributed by atoms with van der Waals surface area (Å²) >= 11 is 6.72. The average Bonchev–Trinajstić information content (AvgIpc) is 3.80. The van der Waals surface area contributed by atoms with Crippen LogP contribution in [0.2, 0.25) is 5.02 Å². The number of anilines is 2. The highest BCUT2D eigenvalue weighted by atomic mass is 35.5. The van der Waals surface area contributed by atoms with Gasteiger partial charge in [-0.15, -0.1) is 0 Å². The molecule has 0 radical (unpaired) electrons. The van der Waals surface area contributed by atoms with E-state index < -0.39 is 41.1 Å². The highest BCUT2D eigenvalue weighted by Crippen LogP contribution is 2.43. The van der Waals surface area contributed by atoms with Crippen LogP contribution >= 0.6 is 11.6 Å². The summed E-state index contributed by atoms with van der Waals surface area (Å²) in [6.45, 7) is 5.13. The summed E-state index contributed by atoms with van der Waals surface area (Å²) in [5.41, 5.74) is 5.38. The molecule has 1 aromatic carbocycles. The third kappa shape index (κ3) is 6.89. The van der Waals surface area contributed by atoms with Crippen molar-refractivity contribution < 1.29 is 36.2 Å². The largest absolute Gasteiger partial charge is 0.467 e. The molecule has 3 fully saturated rings. The van der Waals surface area contributed by atoms with Crippen molar-refractivity contribution in [1.29, 1.82) is 0 Å². The highest BCUT2D eigenvalue weighted by Gasteiger charge is 2.45. The van der Waals surface area contributed by atoms with Crippen LogP contribution in [0.15, 0.2) is 12.1 Å². The Kier molecular flexibility index (Phi) is 9.78. The molecule has 2 aromatic heterocycles. The lowest BCUT2D eigenvalue weighted by molar-refractivity contribution is -0.140. The first-order valence-electron chi connectivity index (χ1n) is 17.6. The molecule has 1 saturated carbocycles. The van der Waals surface area contributed by atoms with Crippen molar-refractivity contribution in [3.8, 4) is 6.01 Å². The first-order valence-corrected chi connectivity index (χ1v) is 17.9. The van der Waals surface area contributed by atoms with Crippen LogP contribution in [0.1, 0.15) is 90.1 Å². The van der Waals surface area contributed by atoms with Crippen LogP contribution in [0.25, 0.3) is 0 Å². The minimum absolute atomic E-state index is 0.000677. The number of rotatable bonds is 5. The summed E-state index contributed by atoms with van der Waals surface area (Å²) in [6.07, 6.45) is -1.03. The number of nitrogens with zero attached hydrogens (tertiary/aromatic N) is 7. The number of fused-ring (bicyclic) bond motifs is 3. The van der Waals surface area contributed by atoms with Crippen LogP contribution in [-0.2, 0) is 37.0 Å². The van der Waals surface area contributed by atoms with E-state index in [1.165, 1.54) is 20.0 Å². The number of nitrogen functional groups attached to an aromatic ring is 1. The molecule has 0 spiro atoms. The van der Waals surface area contributed by atoms with Crippen LogP contribution in [0, 0.1) is 5.82 Å². The molecule has 1 aliphatic carbocycles. The van der Waals surface area contributed by atoms with Gasteiger partial charge in [-0.3, -0.25) is 14.4 Å². The molecular weight excluding hydrogens is 711 g/mol. The van der Waals surface area contributed by atoms with Crippen LogP contribution < -0.4 is 15.4 Å². The number of hydrogen-bond donors (Lipinski definition) is 1. The van der Waals surface area contributed by atoms with Crippen molar-refractivity contribution in [3.05, 3.63) is 56.7 Å². The molecule has 52 heavy (non-hydrogen) atoms. The number of alkyl halides is 4. The predicted molar refractivity (Wildman–Crippen MR) is 182 cm³/mol. The van der Waals surface area contributed by atoms with Gasteiger partial charge in [0.15, 0.2) is 11.5 Å². The molecule has 3 atom stereocenters. The Morgan fingerprint density at radius 2 is 1.94 bits per heavy atom. The van der Waals surface area contributed by atoms with E-state index in [2.05, 4.69) is 26.9 Å². The Labute approximate surface area is 303 Å². The number of benzene rings is 1. The Morgan fingerprint density at radius 1 is 1.17 bits per heavy atom. The summed E-state index contributed by atoms with van der Waals surface area (Å²) < 4.78 is 82.2. The van der Waals surface area contributed by atoms with E-state index in [4.69, 9.17) is 26.8 Å². The minimum atomic E-state index is -4.82. The quantitative estimate of drug-likeness (QED) is 0.243. The predicted octanol–water partition coefficient (Wildman–Crippen LogP) is 6.12. The van der Waals surface area contributed by atoms with E-state index in [1.807, 2.05) is 4.90 Å². The van der Waals surface area contributed by atoms with E-state index in [9.17, 15) is 22.4 Å². The monoisotopic (exact) mass is 752 g/mol. The number of ether oxygens (including phenoxy) is 2. The highest BCUT2D eigenvalue weighted by molar-refractivity contribution is 6.34. The van der Waals surface area contributed by atoms with Gasteiger partial charge in [0, 0.05) is 55.8 Å². The van der Waals surface area contributed by atoms with Crippen LogP contribution in [0.3, 0.4) is 0 Å². The standard InChI is InChI=1S/C27H28ClF4N7O3.C8H14FN/c1-37(13-4-5-13)25(40)23-21(28)18-11-38(8-3-9-39(18)36-23)24-14-12-42-19(10-17(14)34-26(35-24)41-2)20-15(27(30,31)32)6-7-16(33)22(20)29;1-8-3-2-4-10(8)6-7(9)5-8/h6-7,13,19H,3-5,8-12,33H2,1-2H3;7H,2-6H2,1H3. The second-order valence-electron chi connectivity index (χ2n) is 14.5. The number of carbonyl (C=O) groups is 1. The minimum Gasteiger partial charge on any atom is -0.467 e. The summed E-state index contributed by atoms with van der Waals surface area (Å²) in [6, 6.07) is 1.84. The SMILES string of the molecule is CC12CCCN1CC(F)C2.COc1nc2c(c(N3CCCn4nc(C(=O)N(C)C5CC5)c(Cl)c4C3)n1)COC(c1c(C(F)(F)F)ccc(N)c1F)C2. The number of hydrogen-bond acceptors (Lipinski definition) is 9. The first-order chi connectivity index (χ1) is 24.7. The van der Waals surface area contributed by atoms with Gasteiger partial charge < -0.3 is 25.0 Å². The number of methoxy groups -OCH3 is 1. The molecule has 17 heteroatoms. The fourth-order valence-electron chi connectivity index (χ4n) is 7.94. The van der Waals surface area contributed by atoms with Gasteiger partial charge >= 0.3 is 12.2 Å². The maximum Gasteiger partial charge on any atom is 0.416 e. The molecule has 3 unspecified atom stereocenters. The summed E-state index contributed by atoms with van der Waals surface area (Å²) in [5, 5.41) is 4.79. The van der Waals surface area contributed by atoms with E-state index >= 15 is 4.39 Å². The van der Waals surface area contributed by atoms with E-state index in [-0.39, 0.29) is 53.8 Å². The molecule has 5 aliphatic rings. The van der Waals surface area contributed by atoms with Crippen LogP contribution in [-0.4, -0.2) is 87.0 Å². The van der Waals surface area contributed by atoms with Crippen molar-refractivity contribution >= 4 is 29.0 Å². The van der Waals surface area contributed by atoms with Gasteiger partial charge in [-0.1, -0.05) is 11.6 Å². The number of aryl methyl sites for hydroxylation is 1. The zero-order chi connectivity index (χ0) is 37.1. The second kappa shape index (κ2) is 13.9. The van der Waals surface area contributed by atoms with Crippen molar-refractivity contribution in [2.45, 2.75) is 102 Å². The molecule has 3 aromatic rings. The fraction of sp³-hybridized carbons (Fsp3) is 0.600. The Hall–Kier alpha value is -3.76. The summed E-state index contributed by atoms with van der Waals surface area (Å²) in [4.78, 5) is 27.9. The third-order valence-electron chi connectivity index (χ3n) is 10.9. The van der Waals surface area contributed by atoms with Gasteiger partial charge in [0.25, 0.3) is 5.91 Å². The molecule has 6 heterocycles. The number of carbonyl (C=O) groups excluding carboxylic acids is 1. The van der Waals surface area contributed by atoms with Crippen LogP contribution in [0.5, 0.6) is 6.01 Å². The average molecular weight is 753 g/mol. The lowest BCUT2D eigenvalue weighted by Crippen LogP contribution is -2.34. The lowest BCUT2D eigenvalue weighted by Gasteiger charge is -2.31. The Bertz CT molecular complexity index is 1860. The second-order valence-corrected chi connectivity index (χ2v) is 14.9. The van der Waals surface area contributed by atoms with E-state index in [0.29, 0.717) is 48.8 Å². The van der Waals surface area contributed by atoms with Gasteiger partial charge in [-0.05, 0) is 64.1 Å². The van der Waals surface area contributed by atoms with Gasteiger partial charge in [0.05, 0.1) is 54.0 Å². The fourth-order valence-corrected chi connectivity index (χ4v) is 8.21. The molecule has 2 saturated heterocycles. The molecule has 8 rings (SSSR count). The summed E-state index contributed by atoms with van der Waals surface area (Å²) in [7, 11) is 3.12. The maximum absolute atomic E-state index is 15.0.